The van der Waals surface area contributed by atoms with Gasteiger partial charge in [-0.1, -0.05) is 5.11 Å². The number of hydrogen-bond donors (Lipinski definition) is 3. The summed E-state index contributed by atoms with van der Waals surface area (Å²) in [6.45, 7) is -0.662. The predicted octanol–water partition coefficient (Wildman–Crippen LogP) is -1.51. The van der Waals surface area contributed by atoms with Gasteiger partial charge in [0, 0.05) is 11.0 Å². The number of nitrogens with two attached hydrogens (primary N) is 1. The standard InChI is InChI=1S/C11H14N5O7P/c12-10(18)6-2-1-3-16(4-6)11-9(17)8(14-15-13)7(23-11)5-22-24(19,20)21/h1-4,7-9,11,17H,5H2,(H3-,12,18,19,20,21)/t7-,8-,9-,11-/m1/s1. The number of carbonyl (C=O) groups is 1. The maximum atomic E-state index is 11.2. The van der Waals surface area contributed by atoms with Gasteiger partial charge in [0.2, 0.25) is 0 Å². The first-order valence-electron chi connectivity index (χ1n) is 6.59. The van der Waals surface area contributed by atoms with Crippen LogP contribution < -0.4 is 15.2 Å². The van der Waals surface area contributed by atoms with Gasteiger partial charge in [-0.15, -0.1) is 0 Å². The molecule has 1 fully saturated rings. The number of phosphoric acid groups is 1. The van der Waals surface area contributed by atoms with Gasteiger partial charge in [0.25, 0.3) is 20.0 Å². The van der Waals surface area contributed by atoms with E-state index in [1.165, 1.54) is 29.1 Å². The summed E-state index contributed by atoms with van der Waals surface area (Å²) in [4.78, 5) is 33.1. The summed E-state index contributed by atoms with van der Waals surface area (Å²) in [5.74, 6) is -0.698. The molecule has 1 amide bonds. The van der Waals surface area contributed by atoms with E-state index in [1.807, 2.05) is 0 Å². The van der Waals surface area contributed by atoms with Crippen LogP contribution in [-0.4, -0.2) is 40.8 Å². The third-order valence-corrected chi connectivity index (χ3v) is 3.80. The summed E-state index contributed by atoms with van der Waals surface area (Å²) in [5, 5.41) is 13.6. The van der Waals surface area contributed by atoms with Gasteiger partial charge in [0.1, 0.15) is 11.6 Å². The average Bonchev–Trinajstić information content (AvgIpc) is 2.82. The summed E-state index contributed by atoms with van der Waals surface area (Å²) < 4.78 is 21.7. The van der Waals surface area contributed by atoms with Gasteiger partial charge >= 0.3 is 0 Å². The molecule has 0 bridgehead atoms. The lowest BCUT2D eigenvalue weighted by Crippen LogP contribution is -2.46. The number of rotatable bonds is 6. The maximum Gasteiger partial charge on any atom is 0.289 e. The second-order valence-corrected chi connectivity index (χ2v) is 6.11. The highest BCUT2D eigenvalue weighted by molar-refractivity contribution is 7.44. The van der Waals surface area contributed by atoms with Gasteiger partial charge in [-0.2, -0.15) is 4.57 Å². The summed E-state index contributed by atoms with van der Waals surface area (Å²) in [7, 11) is -5.01. The molecule has 13 heteroatoms. The highest BCUT2D eigenvalue weighted by Crippen LogP contribution is 2.34. The number of hydrogen-bond acceptors (Lipinski definition) is 7. The Morgan fingerprint density at radius 3 is 2.96 bits per heavy atom. The number of phosphoric ester groups is 1. The quantitative estimate of drug-likeness (QED) is 0.180. The minimum atomic E-state index is -5.01. The number of carbonyl (C=O) groups excluding carboxylic acids is 1. The molecular formula is C11H14N5O7P. The van der Waals surface area contributed by atoms with E-state index in [9.17, 15) is 19.4 Å². The summed E-state index contributed by atoms with van der Waals surface area (Å²) >= 11 is 0. The zero-order valence-corrected chi connectivity index (χ0v) is 13.0. The molecule has 1 aromatic heterocycles. The molecule has 1 aromatic rings. The number of nitrogens with zero attached hydrogens (tertiary/aromatic N) is 4. The lowest BCUT2D eigenvalue weighted by Gasteiger charge is -2.19. The molecule has 0 spiro atoms. The van der Waals surface area contributed by atoms with Crippen molar-refractivity contribution in [1.29, 1.82) is 0 Å². The lowest BCUT2D eigenvalue weighted by atomic mass is 10.1. The Bertz CT molecular complexity index is 718. The number of aromatic nitrogens is 1. The Morgan fingerprint density at radius 1 is 1.67 bits per heavy atom. The molecule has 0 aliphatic carbocycles. The van der Waals surface area contributed by atoms with Crippen LogP contribution in [0.15, 0.2) is 29.6 Å². The van der Waals surface area contributed by atoms with Gasteiger partial charge < -0.3 is 29.9 Å². The van der Waals surface area contributed by atoms with Crippen molar-refractivity contribution < 1.29 is 38.1 Å². The smallest absolute Gasteiger partial charge is 0.289 e. The first kappa shape index (κ1) is 18.3. The van der Waals surface area contributed by atoms with Crippen molar-refractivity contribution in [2.75, 3.05) is 6.61 Å². The van der Waals surface area contributed by atoms with Crippen LogP contribution in [-0.2, 0) is 13.8 Å². The van der Waals surface area contributed by atoms with Crippen molar-refractivity contribution >= 4 is 13.7 Å². The van der Waals surface area contributed by atoms with Crippen molar-refractivity contribution in [3.8, 4) is 0 Å². The van der Waals surface area contributed by atoms with Gasteiger partial charge in [0.15, 0.2) is 18.5 Å². The Balaban J connectivity index is 2.25. The minimum Gasteiger partial charge on any atom is -0.756 e. The second-order valence-electron chi connectivity index (χ2n) is 4.92. The molecule has 4 N–H and O–H groups in total. The van der Waals surface area contributed by atoms with Crippen LogP contribution in [0.5, 0.6) is 0 Å². The van der Waals surface area contributed by atoms with Gasteiger partial charge in [-0.3, -0.25) is 9.36 Å². The average molecular weight is 359 g/mol. The second kappa shape index (κ2) is 7.24. The fourth-order valence-electron chi connectivity index (χ4n) is 2.28. The van der Waals surface area contributed by atoms with Gasteiger partial charge in [-0.25, -0.2) is 0 Å². The molecule has 5 atom stereocenters. The molecular weight excluding hydrogens is 345 g/mol. The molecule has 0 saturated carbocycles. The summed E-state index contributed by atoms with van der Waals surface area (Å²) in [5.41, 5.74) is 13.9. The molecule has 1 aliphatic heterocycles. The van der Waals surface area contributed by atoms with Crippen molar-refractivity contribution in [1.82, 2.24) is 0 Å². The van der Waals surface area contributed by atoms with E-state index in [2.05, 4.69) is 14.5 Å². The number of primary amides is 1. The molecule has 2 heterocycles. The van der Waals surface area contributed by atoms with Crippen LogP contribution in [0.4, 0.5) is 0 Å². The first-order valence-corrected chi connectivity index (χ1v) is 8.09. The molecule has 0 aromatic carbocycles. The van der Waals surface area contributed by atoms with Crippen molar-refractivity contribution in [3.63, 3.8) is 0 Å². The van der Waals surface area contributed by atoms with E-state index in [4.69, 9.17) is 20.9 Å². The Labute approximate surface area is 135 Å². The third kappa shape index (κ3) is 4.28. The van der Waals surface area contributed by atoms with E-state index in [1.54, 1.807) is 0 Å². The highest BCUT2D eigenvalue weighted by Gasteiger charge is 2.49. The van der Waals surface area contributed by atoms with Crippen LogP contribution in [0.25, 0.3) is 10.4 Å². The number of aliphatic hydroxyl groups excluding tert-OH is 1. The number of pyridine rings is 1. The molecule has 24 heavy (non-hydrogen) atoms. The van der Waals surface area contributed by atoms with Crippen molar-refractivity contribution in [2.24, 2.45) is 10.8 Å². The van der Waals surface area contributed by atoms with E-state index in [-0.39, 0.29) is 5.56 Å². The summed E-state index contributed by atoms with van der Waals surface area (Å²) in [6.07, 6.45) is -0.788. The van der Waals surface area contributed by atoms with E-state index in [0.29, 0.717) is 0 Å². The topological polar surface area (TPSA) is 195 Å². The van der Waals surface area contributed by atoms with Crippen LogP contribution in [0.2, 0.25) is 0 Å². The van der Waals surface area contributed by atoms with E-state index >= 15 is 0 Å². The number of azide groups is 1. The predicted molar refractivity (Wildman–Crippen MR) is 73.8 cm³/mol. The summed E-state index contributed by atoms with van der Waals surface area (Å²) in [6, 6.07) is 1.77. The first-order chi connectivity index (χ1) is 11.2. The molecule has 130 valence electrons. The third-order valence-electron chi connectivity index (χ3n) is 3.32. The normalized spacial score (nSPS) is 28.8. The fourth-order valence-corrected chi connectivity index (χ4v) is 2.62. The molecule has 1 aliphatic rings. The minimum absolute atomic E-state index is 0.146. The van der Waals surface area contributed by atoms with E-state index in [0.717, 1.165) is 0 Å². The molecule has 0 radical (unpaired) electrons. The lowest BCUT2D eigenvalue weighted by molar-refractivity contribution is -0.765. The highest BCUT2D eigenvalue weighted by atomic mass is 31.2. The van der Waals surface area contributed by atoms with E-state index < -0.39 is 44.8 Å². The van der Waals surface area contributed by atoms with Gasteiger partial charge in [-0.05, 0) is 11.6 Å². The molecule has 1 unspecified atom stereocenters. The molecule has 2 rings (SSSR count). The zero-order valence-electron chi connectivity index (χ0n) is 12.1. The van der Waals surface area contributed by atoms with Crippen LogP contribution in [0.1, 0.15) is 16.6 Å². The molecule has 12 nitrogen and oxygen atoms in total. The number of ether oxygens (including phenoxy) is 1. The Kier molecular flexibility index (Phi) is 5.52. The number of amides is 1. The SMILES string of the molecule is [N-]=[N+]=N[C@H]1[C@@H](O)[C@H]([n+]2cccc(C(N)=O)c2)O[C@@H]1COP(=O)([O-])O. The van der Waals surface area contributed by atoms with Crippen LogP contribution >= 0.6 is 7.82 Å². The van der Waals surface area contributed by atoms with Crippen molar-refractivity contribution in [2.45, 2.75) is 24.5 Å². The fraction of sp³-hybridized carbons (Fsp3) is 0.455. The Hall–Kier alpha value is -2.04. The van der Waals surface area contributed by atoms with Crippen LogP contribution in [0, 0.1) is 0 Å². The Morgan fingerprint density at radius 2 is 2.38 bits per heavy atom. The maximum absolute atomic E-state index is 11.2. The largest absolute Gasteiger partial charge is 0.756 e. The number of aliphatic hydroxyl groups is 1. The molecule has 1 saturated heterocycles. The van der Waals surface area contributed by atoms with Gasteiger partial charge in [0.05, 0.1) is 12.7 Å². The monoisotopic (exact) mass is 359 g/mol. The van der Waals surface area contributed by atoms with Crippen molar-refractivity contribution in [3.05, 3.63) is 40.5 Å². The van der Waals surface area contributed by atoms with Crippen LogP contribution in [0.3, 0.4) is 0 Å². The zero-order chi connectivity index (χ0) is 17.9.